The summed E-state index contributed by atoms with van der Waals surface area (Å²) >= 11 is 0. The lowest BCUT2D eigenvalue weighted by atomic mass is 10.1. The van der Waals surface area contributed by atoms with Gasteiger partial charge in [0.05, 0.1) is 11.6 Å². The highest BCUT2D eigenvalue weighted by Crippen LogP contribution is 2.27. The van der Waals surface area contributed by atoms with Crippen molar-refractivity contribution in [2.24, 2.45) is 0 Å². The van der Waals surface area contributed by atoms with E-state index in [1.54, 1.807) is 13.0 Å². The SMILES string of the molecule is CC(NC(=O)c1ccccc1OC(F)F)c1ccccc1OC(F)F. The zero-order valence-electron chi connectivity index (χ0n) is 13.1. The van der Waals surface area contributed by atoms with E-state index in [0.29, 0.717) is 5.56 Å². The van der Waals surface area contributed by atoms with Crippen LogP contribution in [0, 0.1) is 0 Å². The Morgan fingerprint density at radius 2 is 1.40 bits per heavy atom. The Morgan fingerprint density at radius 3 is 2.04 bits per heavy atom. The van der Waals surface area contributed by atoms with E-state index in [1.807, 2.05) is 0 Å². The summed E-state index contributed by atoms with van der Waals surface area (Å²) in [5.74, 6) is -1.04. The number of hydrogen-bond donors (Lipinski definition) is 1. The van der Waals surface area contributed by atoms with Gasteiger partial charge >= 0.3 is 13.2 Å². The van der Waals surface area contributed by atoms with Gasteiger partial charge in [0.25, 0.3) is 5.91 Å². The second-order valence-electron chi connectivity index (χ2n) is 4.99. The predicted molar refractivity (Wildman–Crippen MR) is 82.0 cm³/mol. The molecule has 2 aromatic carbocycles. The van der Waals surface area contributed by atoms with Gasteiger partial charge in [-0.1, -0.05) is 30.3 Å². The first-order valence-corrected chi connectivity index (χ1v) is 7.27. The van der Waals surface area contributed by atoms with Crippen LogP contribution >= 0.6 is 0 Å². The van der Waals surface area contributed by atoms with Crippen LogP contribution in [0.15, 0.2) is 48.5 Å². The quantitative estimate of drug-likeness (QED) is 0.748. The first kappa shape index (κ1) is 18.6. The first-order valence-electron chi connectivity index (χ1n) is 7.27. The smallest absolute Gasteiger partial charge is 0.387 e. The Bertz CT molecular complexity index is 725. The van der Waals surface area contributed by atoms with Crippen molar-refractivity contribution >= 4 is 5.91 Å². The Labute approximate surface area is 141 Å². The second kappa shape index (κ2) is 8.36. The van der Waals surface area contributed by atoms with Crippen molar-refractivity contribution in [2.45, 2.75) is 26.2 Å². The summed E-state index contributed by atoms with van der Waals surface area (Å²) in [7, 11) is 0. The monoisotopic (exact) mass is 357 g/mol. The lowest BCUT2D eigenvalue weighted by Crippen LogP contribution is -2.27. The summed E-state index contributed by atoms with van der Waals surface area (Å²) < 4.78 is 58.5. The molecule has 0 aliphatic rings. The highest BCUT2D eigenvalue weighted by molar-refractivity contribution is 5.97. The second-order valence-corrected chi connectivity index (χ2v) is 4.99. The number of nitrogens with one attached hydrogen (secondary N) is 1. The van der Waals surface area contributed by atoms with E-state index in [9.17, 15) is 22.4 Å². The largest absolute Gasteiger partial charge is 0.434 e. The number of ether oxygens (including phenoxy) is 2. The van der Waals surface area contributed by atoms with Crippen LogP contribution in [-0.2, 0) is 0 Å². The first-order chi connectivity index (χ1) is 11.9. The molecule has 25 heavy (non-hydrogen) atoms. The van der Waals surface area contributed by atoms with Crippen LogP contribution in [0.5, 0.6) is 11.5 Å². The Kier molecular flexibility index (Phi) is 6.21. The third kappa shape index (κ3) is 5.10. The zero-order valence-corrected chi connectivity index (χ0v) is 13.1. The van der Waals surface area contributed by atoms with Crippen molar-refractivity contribution in [1.29, 1.82) is 0 Å². The molecule has 1 atom stereocenters. The maximum atomic E-state index is 12.5. The summed E-state index contributed by atoms with van der Waals surface area (Å²) in [6.45, 7) is -4.53. The number of rotatable bonds is 7. The maximum Gasteiger partial charge on any atom is 0.387 e. The van der Waals surface area contributed by atoms with Crippen LogP contribution in [0.1, 0.15) is 28.9 Å². The molecule has 0 heterocycles. The number of para-hydroxylation sites is 2. The van der Waals surface area contributed by atoms with Gasteiger partial charge in [0.15, 0.2) is 0 Å². The normalized spacial score (nSPS) is 12.1. The Balaban J connectivity index is 2.19. The van der Waals surface area contributed by atoms with Crippen molar-refractivity contribution in [3.63, 3.8) is 0 Å². The van der Waals surface area contributed by atoms with Gasteiger partial charge in [-0.05, 0) is 25.1 Å². The van der Waals surface area contributed by atoms with Gasteiger partial charge in [-0.25, -0.2) is 0 Å². The number of carbonyl (C=O) groups is 1. The van der Waals surface area contributed by atoms with Gasteiger partial charge in [0.2, 0.25) is 0 Å². The van der Waals surface area contributed by atoms with Crippen LogP contribution in [0.4, 0.5) is 17.6 Å². The van der Waals surface area contributed by atoms with Gasteiger partial charge in [0.1, 0.15) is 11.5 Å². The fourth-order valence-corrected chi connectivity index (χ4v) is 2.25. The van der Waals surface area contributed by atoms with Crippen LogP contribution in [0.2, 0.25) is 0 Å². The third-order valence-electron chi connectivity index (χ3n) is 3.30. The van der Waals surface area contributed by atoms with Gasteiger partial charge < -0.3 is 14.8 Å². The molecule has 134 valence electrons. The summed E-state index contributed by atoms with van der Waals surface area (Å²) in [5.41, 5.74) is 0.227. The van der Waals surface area contributed by atoms with Crippen LogP contribution < -0.4 is 14.8 Å². The number of alkyl halides is 4. The molecule has 0 radical (unpaired) electrons. The van der Waals surface area contributed by atoms with E-state index in [-0.39, 0.29) is 17.1 Å². The average molecular weight is 357 g/mol. The van der Waals surface area contributed by atoms with E-state index in [0.717, 1.165) is 0 Å². The molecule has 1 unspecified atom stereocenters. The highest BCUT2D eigenvalue weighted by atomic mass is 19.3. The molecule has 4 nitrogen and oxygen atoms in total. The molecular weight excluding hydrogens is 342 g/mol. The van der Waals surface area contributed by atoms with Crippen molar-refractivity contribution in [3.8, 4) is 11.5 Å². The fourth-order valence-electron chi connectivity index (χ4n) is 2.25. The lowest BCUT2D eigenvalue weighted by Gasteiger charge is -2.19. The highest BCUT2D eigenvalue weighted by Gasteiger charge is 2.20. The molecule has 2 aromatic rings. The van der Waals surface area contributed by atoms with Gasteiger partial charge in [0, 0.05) is 5.56 Å². The van der Waals surface area contributed by atoms with Crippen molar-refractivity contribution < 1.29 is 31.8 Å². The molecule has 0 bridgehead atoms. The molecule has 8 heteroatoms. The Morgan fingerprint density at radius 1 is 0.880 bits per heavy atom. The average Bonchev–Trinajstić information content (AvgIpc) is 2.54. The van der Waals surface area contributed by atoms with Gasteiger partial charge in [-0.2, -0.15) is 17.6 Å². The van der Waals surface area contributed by atoms with Crippen LogP contribution in [-0.4, -0.2) is 19.1 Å². The van der Waals surface area contributed by atoms with E-state index in [1.165, 1.54) is 42.5 Å². The number of carbonyl (C=O) groups excluding carboxylic acids is 1. The predicted octanol–water partition coefficient (Wildman–Crippen LogP) is 4.38. The van der Waals surface area contributed by atoms with Gasteiger partial charge in [-0.15, -0.1) is 0 Å². The number of benzene rings is 2. The minimum Gasteiger partial charge on any atom is -0.434 e. The molecule has 0 saturated carbocycles. The standard InChI is InChI=1S/C17H15F4NO3/c1-10(11-6-2-4-8-13(11)24-16(18)19)22-15(23)12-7-3-5-9-14(12)25-17(20)21/h2-10,16-17H,1H3,(H,22,23). The molecule has 0 saturated heterocycles. The molecular formula is C17H15F4NO3. The summed E-state index contributed by atoms with van der Waals surface area (Å²) in [5, 5.41) is 2.55. The molecule has 1 N–H and O–H groups in total. The van der Waals surface area contributed by atoms with Crippen molar-refractivity contribution in [3.05, 3.63) is 59.7 Å². The van der Waals surface area contributed by atoms with Crippen molar-refractivity contribution in [2.75, 3.05) is 0 Å². The molecule has 0 fully saturated rings. The minimum absolute atomic E-state index is 0.0811. The van der Waals surface area contributed by atoms with E-state index < -0.39 is 25.2 Å². The summed E-state index contributed by atoms with van der Waals surface area (Å²) in [6.07, 6.45) is 0. The molecule has 0 aromatic heterocycles. The van der Waals surface area contributed by atoms with Crippen LogP contribution in [0.3, 0.4) is 0 Å². The number of amides is 1. The third-order valence-corrected chi connectivity index (χ3v) is 3.30. The summed E-state index contributed by atoms with van der Waals surface area (Å²) in [4.78, 5) is 12.3. The minimum atomic E-state index is -3.08. The van der Waals surface area contributed by atoms with E-state index in [4.69, 9.17) is 0 Å². The van der Waals surface area contributed by atoms with Crippen molar-refractivity contribution in [1.82, 2.24) is 5.32 Å². The number of hydrogen-bond acceptors (Lipinski definition) is 3. The molecule has 0 aliphatic carbocycles. The van der Waals surface area contributed by atoms with Crippen LogP contribution in [0.25, 0.3) is 0 Å². The number of halogens is 4. The molecule has 0 aliphatic heterocycles. The van der Waals surface area contributed by atoms with E-state index in [2.05, 4.69) is 14.8 Å². The fraction of sp³-hybridized carbons (Fsp3) is 0.235. The maximum absolute atomic E-state index is 12.5. The van der Waals surface area contributed by atoms with Gasteiger partial charge in [-0.3, -0.25) is 4.79 Å². The Hall–Kier alpha value is -2.77. The van der Waals surface area contributed by atoms with E-state index >= 15 is 0 Å². The summed E-state index contributed by atoms with van der Waals surface area (Å²) in [6, 6.07) is 10.8. The molecule has 2 rings (SSSR count). The topological polar surface area (TPSA) is 47.6 Å². The lowest BCUT2D eigenvalue weighted by molar-refractivity contribution is -0.0509. The molecule has 0 spiro atoms. The zero-order chi connectivity index (χ0) is 18.4. The molecule has 1 amide bonds.